The second-order valence-electron chi connectivity index (χ2n) is 7.47. The lowest BCUT2D eigenvalue weighted by molar-refractivity contribution is 0.133. The van der Waals surface area contributed by atoms with Gasteiger partial charge in [0.05, 0.1) is 0 Å². The van der Waals surface area contributed by atoms with Crippen molar-refractivity contribution in [1.29, 1.82) is 0 Å². The standard InChI is InChI=1S/C17H26N4OS/c22-17(18-16-20-19-15(23-16)10-12-6-7-12)21-9-8-13-4-2-1-3-5-14(13)11-21/h12-14H,1-11H2,(H,18,20,22). The molecule has 2 unspecified atom stereocenters. The Morgan fingerprint density at radius 3 is 2.74 bits per heavy atom. The molecule has 1 aromatic heterocycles. The van der Waals surface area contributed by atoms with Gasteiger partial charge >= 0.3 is 6.03 Å². The molecular formula is C17H26N4OS. The van der Waals surface area contributed by atoms with Crippen molar-refractivity contribution in [3.63, 3.8) is 0 Å². The van der Waals surface area contributed by atoms with Gasteiger partial charge < -0.3 is 4.90 Å². The Kier molecular flexibility index (Phi) is 4.51. The largest absolute Gasteiger partial charge is 0.324 e. The summed E-state index contributed by atoms with van der Waals surface area (Å²) in [7, 11) is 0. The van der Waals surface area contributed by atoms with E-state index in [0.29, 0.717) is 11.0 Å². The average molecular weight is 334 g/mol. The van der Waals surface area contributed by atoms with Gasteiger partial charge in [-0.25, -0.2) is 4.79 Å². The van der Waals surface area contributed by atoms with E-state index >= 15 is 0 Å². The zero-order valence-electron chi connectivity index (χ0n) is 13.7. The van der Waals surface area contributed by atoms with Crippen LogP contribution in [0.2, 0.25) is 0 Å². The van der Waals surface area contributed by atoms with E-state index in [9.17, 15) is 4.79 Å². The highest BCUT2D eigenvalue weighted by atomic mass is 32.1. The lowest BCUT2D eigenvalue weighted by Gasteiger charge is -2.37. The summed E-state index contributed by atoms with van der Waals surface area (Å²) in [5.74, 6) is 2.35. The second-order valence-corrected chi connectivity index (χ2v) is 8.53. The van der Waals surface area contributed by atoms with Crippen molar-refractivity contribution in [3.8, 4) is 0 Å². The van der Waals surface area contributed by atoms with Crippen molar-refractivity contribution in [2.24, 2.45) is 17.8 Å². The summed E-state index contributed by atoms with van der Waals surface area (Å²) < 4.78 is 0. The highest BCUT2D eigenvalue weighted by Gasteiger charge is 2.32. The monoisotopic (exact) mass is 334 g/mol. The molecule has 6 heteroatoms. The van der Waals surface area contributed by atoms with Gasteiger partial charge in [0.15, 0.2) is 0 Å². The van der Waals surface area contributed by atoms with Crippen LogP contribution < -0.4 is 5.32 Å². The van der Waals surface area contributed by atoms with E-state index < -0.39 is 0 Å². The van der Waals surface area contributed by atoms with E-state index in [1.165, 1.54) is 62.7 Å². The van der Waals surface area contributed by atoms with Crippen molar-refractivity contribution in [1.82, 2.24) is 15.1 Å². The number of piperidine rings is 1. The lowest BCUT2D eigenvalue weighted by Crippen LogP contribution is -2.45. The van der Waals surface area contributed by atoms with E-state index in [1.54, 1.807) is 0 Å². The number of carbonyl (C=O) groups excluding carboxylic acids is 1. The van der Waals surface area contributed by atoms with E-state index in [-0.39, 0.29) is 6.03 Å². The van der Waals surface area contributed by atoms with Crippen LogP contribution in [0.15, 0.2) is 0 Å². The van der Waals surface area contributed by atoms with Crippen molar-refractivity contribution in [3.05, 3.63) is 5.01 Å². The van der Waals surface area contributed by atoms with Gasteiger partial charge in [-0.1, -0.05) is 37.0 Å². The first-order valence-corrected chi connectivity index (χ1v) is 9.98. The second kappa shape index (κ2) is 6.75. The minimum absolute atomic E-state index is 0.0156. The Labute approximate surface area is 141 Å². The number of amides is 2. The van der Waals surface area contributed by atoms with E-state index in [1.807, 2.05) is 4.90 Å². The molecule has 2 aliphatic carbocycles. The number of aromatic nitrogens is 2. The third-order valence-electron chi connectivity index (χ3n) is 5.67. The number of carbonyl (C=O) groups is 1. The highest BCUT2D eigenvalue weighted by Crippen LogP contribution is 2.36. The Morgan fingerprint density at radius 1 is 1.09 bits per heavy atom. The molecule has 1 N–H and O–H groups in total. The molecule has 2 saturated carbocycles. The molecule has 3 fully saturated rings. The van der Waals surface area contributed by atoms with Gasteiger partial charge in [0.2, 0.25) is 5.13 Å². The molecule has 0 radical (unpaired) electrons. The smallest absolute Gasteiger partial charge is 0.323 e. The SMILES string of the molecule is O=C(Nc1nnc(CC2CC2)s1)N1CCC2CCCCCC2C1. The van der Waals surface area contributed by atoms with Crippen LogP contribution in [0.4, 0.5) is 9.93 Å². The van der Waals surface area contributed by atoms with Crippen LogP contribution >= 0.6 is 11.3 Å². The van der Waals surface area contributed by atoms with Crippen LogP contribution in [0.5, 0.6) is 0 Å². The van der Waals surface area contributed by atoms with Crippen molar-refractivity contribution >= 4 is 22.5 Å². The molecule has 126 valence electrons. The molecule has 23 heavy (non-hydrogen) atoms. The van der Waals surface area contributed by atoms with Crippen LogP contribution in [0.1, 0.15) is 56.4 Å². The van der Waals surface area contributed by atoms with Crippen molar-refractivity contribution in [2.75, 3.05) is 18.4 Å². The van der Waals surface area contributed by atoms with E-state index in [4.69, 9.17) is 0 Å². The average Bonchev–Trinajstić information content (AvgIpc) is 3.30. The van der Waals surface area contributed by atoms with Gasteiger partial charge in [-0.2, -0.15) is 0 Å². The van der Waals surface area contributed by atoms with Crippen molar-refractivity contribution < 1.29 is 4.79 Å². The Bertz CT molecular complexity index is 557. The molecule has 5 nitrogen and oxygen atoms in total. The molecule has 0 aromatic carbocycles. The maximum atomic E-state index is 12.5. The number of likely N-dealkylation sites (tertiary alicyclic amines) is 1. The fourth-order valence-electron chi connectivity index (χ4n) is 4.09. The first kappa shape index (κ1) is 15.4. The molecular weight excluding hydrogens is 308 g/mol. The minimum Gasteiger partial charge on any atom is -0.324 e. The van der Waals surface area contributed by atoms with E-state index in [2.05, 4.69) is 15.5 Å². The first-order valence-electron chi connectivity index (χ1n) is 9.16. The molecule has 1 aromatic rings. The first-order chi connectivity index (χ1) is 11.3. The number of hydrogen-bond acceptors (Lipinski definition) is 4. The third kappa shape index (κ3) is 3.84. The summed E-state index contributed by atoms with van der Waals surface area (Å²) >= 11 is 1.54. The predicted molar refractivity (Wildman–Crippen MR) is 91.6 cm³/mol. The van der Waals surface area contributed by atoms with Gasteiger partial charge in [-0.15, -0.1) is 10.2 Å². The van der Waals surface area contributed by atoms with Gasteiger partial charge in [0, 0.05) is 19.5 Å². The number of hydrogen-bond donors (Lipinski definition) is 1. The summed E-state index contributed by atoms with van der Waals surface area (Å²) in [5, 5.41) is 13.0. The Morgan fingerprint density at radius 2 is 1.91 bits per heavy atom. The van der Waals surface area contributed by atoms with Gasteiger partial charge in [-0.3, -0.25) is 5.32 Å². The van der Waals surface area contributed by atoms with Crippen LogP contribution in [0.3, 0.4) is 0 Å². The summed E-state index contributed by atoms with van der Waals surface area (Å²) in [4.78, 5) is 14.5. The van der Waals surface area contributed by atoms with E-state index in [0.717, 1.165) is 36.4 Å². The quantitative estimate of drug-likeness (QED) is 0.911. The van der Waals surface area contributed by atoms with Crippen molar-refractivity contribution in [2.45, 2.75) is 57.8 Å². The molecule has 2 atom stereocenters. The van der Waals surface area contributed by atoms with Crippen LogP contribution in [-0.2, 0) is 6.42 Å². The summed E-state index contributed by atoms with van der Waals surface area (Å²) in [6, 6.07) is 0.0156. The Hall–Kier alpha value is -1.17. The maximum absolute atomic E-state index is 12.5. The number of urea groups is 1. The molecule has 2 heterocycles. The highest BCUT2D eigenvalue weighted by molar-refractivity contribution is 7.15. The number of rotatable bonds is 3. The Balaban J connectivity index is 1.32. The maximum Gasteiger partial charge on any atom is 0.323 e. The summed E-state index contributed by atoms with van der Waals surface area (Å²) in [6.07, 6.45) is 11.6. The zero-order valence-corrected chi connectivity index (χ0v) is 14.5. The molecule has 1 aliphatic heterocycles. The molecule has 2 amide bonds. The number of nitrogens with zero attached hydrogens (tertiary/aromatic N) is 3. The van der Waals surface area contributed by atoms with Gasteiger partial charge in [0.1, 0.15) is 5.01 Å². The van der Waals surface area contributed by atoms with Crippen LogP contribution in [-0.4, -0.2) is 34.2 Å². The fraction of sp³-hybridized carbons (Fsp3) is 0.824. The lowest BCUT2D eigenvalue weighted by atomic mass is 9.82. The minimum atomic E-state index is 0.0156. The molecule has 4 rings (SSSR count). The zero-order chi connectivity index (χ0) is 15.6. The number of fused-ring (bicyclic) bond motifs is 1. The normalized spacial score (nSPS) is 28.1. The van der Waals surface area contributed by atoms with Gasteiger partial charge in [-0.05, 0) is 43.4 Å². The van der Waals surface area contributed by atoms with Crippen LogP contribution in [0.25, 0.3) is 0 Å². The summed E-state index contributed by atoms with van der Waals surface area (Å²) in [6.45, 7) is 1.81. The summed E-state index contributed by atoms with van der Waals surface area (Å²) in [5.41, 5.74) is 0. The van der Waals surface area contributed by atoms with Crippen LogP contribution in [0, 0.1) is 17.8 Å². The van der Waals surface area contributed by atoms with Gasteiger partial charge in [0.25, 0.3) is 0 Å². The predicted octanol–water partition coefficient (Wildman–Crippen LogP) is 3.92. The molecule has 0 spiro atoms. The third-order valence-corrected chi connectivity index (χ3v) is 6.53. The molecule has 0 bridgehead atoms. The fourth-order valence-corrected chi connectivity index (χ4v) is 4.93. The molecule has 1 saturated heterocycles. The topological polar surface area (TPSA) is 58.1 Å². The number of anilines is 1. The number of nitrogens with one attached hydrogen (secondary N) is 1. The molecule has 3 aliphatic rings.